The zero-order chi connectivity index (χ0) is 13.8. The van der Waals surface area contributed by atoms with E-state index in [0.717, 1.165) is 16.4 Å². The highest BCUT2D eigenvalue weighted by atomic mass is 32.1. The lowest BCUT2D eigenvalue weighted by Gasteiger charge is -2.32. The highest BCUT2D eigenvalue weighted by Crippen LogP contribution is 2.65. The first-order chi connectivity index (χ1) is 8.41. The molecule has 102 valence electrons. The first kappa shape index (κ1) is 15.9. The van der Waals surface area contributed by atoms with E-state index in [-0.39, 0.29) is 0 Å². The Hall–Kier alpha value is -0.200. The Bertz CT molecular complexity index is 425. The van der Waals surface area contributed by atoms with Crippen molar-refractivity contribution in [1.29, 1.82) is 0 Å². The van der Waals surface area contributed by atoms with E-state index in [2.05, 4.69) is 19.1 Å². The molecular formula is C13H21O3P2-. The summed E-state index contributed by atoms with van der Waals surface area (Å²) in [4.78, 5) is 0. The van der Waals surface area contributed by atoms with Crippen molar-refractivity contribution < 1.29 is 13.6 Å². The molecule has 0 radical (unpaired) electrons. The van der Waals surface area contributed by atoms with Crippen LogP contribution in [0.15, 0.2) is 12.1 Å². The predicted molar refractivity (Wildman–Crippen MR) is 78.1 cm³/mol. The van der Waals surface area contributed by atoms with Crippen LogP contribution in [-0.2, 0) is 13.6 Å². The normalized spacial score (nSPS) is 12.5. The SMILES string of the molecule is CCOP(=O)(OCC)[P-]c1c(C)cc(C)cc1C. The lowest BCUT2D eigenvalue weighted by atomic mass is 10.1. The van der Waals surface area contributed by atoms with Crippen LogP contribution in [0.4, 0.5) is 0 Å². The molecule has 0 saturated heterocycles. The number of rotatable bonds is 6. The molecule has 5 heteroatoms. The summed E-state index contributed by atoms with van der Waals surface area (Å²) < 4.78 is 23.2. The summed E-state index contributed by atoms with van der Waals surface area (Å²) in [6.45, 7) is 10.6. The van der Waals surface area contributed by atoms with Gasteiger partial charge in [0, 0.05) is 0 Å². The molecule has 0 heterocycles. The Morgan fingerprint density at radius 1 is 1.06 bits per heavy atom. The standard InChI is InChI=1S/C13H21O3P2/c1-6-15-18(14,16-7-2)17-13-11(4)8-10(3)9-12(13)5/h8-9H,6-7H2,1-5H3/q-1. The summed E-state index contributed by atoms with van der Waals surface area (Å²) in [5.41, 5.74) is 3.48. The van der Waals surface area contributed by atoms with Crippen molar-refractivity contribution in [3.8, 4) is 0 Å². The Morgan fingerprint density at radius 3 is 1.89 bits per heavy atom. The van der Waals surface area contributed by atoms with Gasteiger partial charge in [-0.25, -0.2) is 0 Å². The van der Waals surface area contributed by atoms with Crippen LogP contribution in [0, 0.1) is 20.8 Å². The van der Waals surface area contributed by atoms with Crippen molar-refractivity contribution in [3.63, 3.8) is 0 Å². The molecule has 0 atom stereocenters. The van der Waals surface area contributed by atoms with Crippen LogP contribution in [0.2, 0.25) is 0 Å². The Kier molecular flexibility index (Phi) is 6.01. The summed E-state index contributed by atoms with van der Waals surface area (Å²) >= 11 is 0. The third-order valence-electron chi connectivity index (χ3n) is 2.44. The Balaban J connectivity index is 3.04. The summed E-state index contributed by atoms with van der Waals surface area (Å²) in [7, 11) is -2.40. The van der Waals surface area contributed by atoms with E-state index in [1.165, 1.54) is 5.56 Å². The van der Waals surface area contributed by atoms with Gasteiger partial charge in [-0.1, -0.05) is 28.8 Å². The maximum atomic E-state index is 12.5. The van der Waals surface area contributed by atoms with Crippen molar-refractivity contribution >= 4 is 20.9 Å². The average molecular weight is 287 g/mol. The second kappa shape index (κ2) is 6.82. The fraction of sp³-hybridized carbons (Fsp3) is 0.538. The fourth-order valence-corrected chi connectivity index (χ4v) is 6.13. The topological polar surface area (TPSA) is 35.5 Å². The molecule has 0 aliphatic carbocycles. The lowest BCUT2D eigenvalue weighted by Crippen LogP contribution is -2.07. The summed E-state index contributed by atoms with van der Waals surface area (Å²) in [5.74, 6) is 0. The predicted octanol–water partition coefficient (Wildman–Crippen LogP) is 4.36. The highest BCUT2D eigenvalue weighted by molar-refractivity contribution is 8.23. The van der Waals surface area contributed by atoms with E-state index in [0.29, 0.717) is 21.5 Å². The van der Waals surface area contributed by atoms with Gasteiger partial charge in [-0.05, 0) is 34.6 Å². The molecule has 1 rings (SSSR count). The van der Waals surface area contributed by atoms with Crippen LogP contribution in [0.5, 0.6) is 0 Å². The maximum Gasteiger partial charge on any atom is 0.184 e. The smallest absolute Gasteiger partial charge is 0.184 e. The van der Waals surface area contributed by atoms with Gasteiger partial charge in [0.15, 0.2) is 7.28 Å². The number of hydrogen-bond donors (Lipinski definition) is 0. The minimum absolute atomic E-state index is 0.397. The van der Waals surface area contributed by atoms with Gasteiger partial charge in [-0.2, -0.15) is 5.30 Å². The van der Waals surface area contributed by atoms with Crippen LogP contribution in [-0.4, -0.2) is 13.2 Å². The van der Waals surface area contributed by atoms with Crippen LogP contribution < -0.4 is 5.30 Å². The van der Waals surface area contributed by atoms with Crippen LogP contribution in [0.3, 0.4) is 0 Å². The third-order valence-corrected chi connectivity index (χ3v) is 6.79. The largest absolute Gasteiger partial charge is 0.371 e. The van der Waals surface area contributed by atoms with Gasteiger partial charge in [0.1, 0.15) is 0 Å². The van der Waals surface area contributed by atoms with E-state index in [4.69, 9.17) is 9.05 Å². The van der Waals surface area contributed by atoms with Crippen molar-refractivity contribution in [1.82, 2.24) is 0 Å². The van der Waals surface area contributed by atoms with Crippen molar-refractivity contribution in [2.45, 2.75) is 34.6 Å². The van der Waals surface area contributed by atoms with E-state index < -0.39 is 7.28 Å². The second-order valence-electron chi connectivity index (χ2n) is 4.15. The van der Waals surface area contributed by atoms with E-state index in [1.54, 1.807) is 0 Å². The molecule has 1 aromatic rings. The molecule has 1 aromatic carbocycles. The molecule has 0 aliphatic heterocycles. The van der Waals surface area contributed by atoms with Gasteiger partial charge in [0.25, 0.3) is 0 Å². The van der Waals surface area contributed by atoms with Crippen molar-refractivity contribution in [2.24, 2.45) is 0 Å². The zero-order valence-electron chi connectivity index (χ0n) is 11.7. The highest BCUT2D eigenvalue weighted by Gasteiger charge is 2.11. The number of hydrogen-bond acceptors (Lipinski definition) is 3. The first-order valence-corrected chi connectivity index (χ1v) is 9.26. The van der Waals surface area contributed by atoms with E-state index in [1.807, 2.05) is 27.7 Å². The second-order valence-corrected chi connectivity index (χ2v) is 8.32. The van der Waals surface area contributed by atoms with E-state index >= 15 is 0 Å². The van der Waals surface area contributed by atoms with Crippen LogP contribution in [0.25, 0.3) is 0 Å². The van der Waals surface area contributed by atoms with Gasteiger partial charge < -0.3 is 17.3 Å². The summed E-state index contributed by atoms with van der Waals surface area (Å²) in [6, 6.07) is 4.19. The summed E-state index contributed by atoms with van der Waals surface area (Å²) in [5, 5.41) is 1.05. The molecule has 0 amide bonds. The number of aryl methyl sites for hydroxylation is 3. The molecule has 0 spiro atoms. The fourth-order valence-electron chi connectivity index (χ4n) is 1.87. The molecule has 0 bridgehead atoms. The minimum atomic E-state index is -3.04. The summed E-state index contributed by atoms with van der Waals surface area (Å²) in [6.07, 6.45) is 0. The monoisotopic (exact) mass is 287 g/mol. The van der Waals surface area contributed by atoms with Gasteiger partial charge in [-0.15, -0.1) is 0 Å². The zero-order valence-corrected chi connectivity index (χ0v) is 13.5. The van der Waals surface area contributed by atoms with Gasteiger partial charge in [0.05, 0.1) is 13.2 Å². The molecule has 0 saturated carbocycles. The quantitative estimate of drug-likeness (QED) is 0.729. The third kappa shape index (κ3) is 4.17. The van der Waals surface area contributed by atoms with E-state index in [9.17, 15) is 4.57 Å². The van der Waals surface area contributed by atoms with Gasteiger partial charge >= 0.3 is 0 Å². The molecule has 0 fully saturated rings. The van der Waals surface area contributed by atoms with Gasteiger partial charge in [-0.3, -0.25) is 4.57 Å². The van der Waals surface area contributed by atoms with Crippen molar-refractivity contribution in [2.75, 3.05) is 13.2 Å². The van der Waals surface area contributed by atoms with Crippen LogP contribution >= 0.6 is 15.6 Å². The Labute approximate surface area is 111 Å². The lowest BCUT2D eigenvalue weighted by molar-refractivity contribution is 0.236. The minimum Gasteiger partial charge on any atom is -0.371 e. The molecule has 3 nitrogen and oxygen atoms in total. The van der Waals surface area contributed by atoms with Crippen LogP contribution in [0.1, 0.15) is 30.5 Å². The average Bonchev–Trinajstić information content (AvgIpc) is 2.24. The number of benzene rings is 1. The van der Waals surface area contributed by atoms with Crippen molar-refractivity contribution in [3.05, 3.63) is 28.8 Å². The first-order valence-electron chi connectivity index (χ1n) is 6.12. The molecular weight excluding hydrogens is 266 g/mol. The van der Waals surface area contributed by atoms with Gasteiger partial charge in [0.2, 0.25) is 0 Å². The molecule has 0 aliphatic rings. The molecule has 18 heavy (non-hydrogen) atoms. The Morgan fingerprint density at radius 2 is 1.50 bits per heavy atom. The molecule has 0 aromatic heterocycles. The maximum absolute atomic E-state index is 12.5. The molecule has 0 unspecified atom stereocenters. The molecule has 0 N–H and O–H groups in total.